The minimum Gasteiger partial charge on any atom is -0.308 e. The molecular weight excluding hydrogens is 270 g/mol. The average molecular weight is 291 g/mol. The Morgan fingerprint density at radius 1 is 1.09 bits per heavy atom. The van der Waals surface area contributed by atoms with Crippen molar-refractivity contribution in [3.8, 4) is 0 Å². The van der Waals surface area contributed by atoms with Gasteiger partial charge in [0.2, 0.25) is 5.91 Å². The van der Waals surface area contributed by atoms with E-state index in [1.54, 1.807) is 0 Å². The lowest BCUT2D eigenvalue weighted by Gasteiger charge is -2.28. The number of amides is 1. The Kier molecular flexibility index (Phi) is 2.90. The van der Waals surface area contributed by atoms with Crippen LogP contribution >= 0.6 is 0 Å². The van der Waals surface area contributed by atoms with Crippen LogP contribution in [0, 0.1) is 6.92 Å². The van der Waals surface area contributed by atoms with E-state index in [1.807, 2.05) is 11.0 Å². The van der Waals surface area contributed by atoms with Crippen LogP contribution in [0.15, 0.2) is 48.5 Å². The lowest BCUT2D eigenvalue weighted by atomic mass is 9.93. The Morgan fingerprint density at radius 2 is 1.77 bits per heavy atom. The first-order chi connectivity index (χ1) is 10.6. The van der Waals surface area contributed by atoms with E-state index in [0.29, 0.717) is 0 Å². The second-order valence-electron chi connectivity index (χ2n) is 6.81. The zero-order valence-corrected chi connectivity index (χ0v) is 13.2. The van der Waals surface area contributed by atoms with Crippen LogP contribution in [-0.4, -0.2) is 11.9 Å². The molecule has 1 aliphatic carbocycles. The van der Waals surface area contributed by atoms with Crippen LogP contribution in [0.25, 0.3) is 0 Å². The van der Waals surface area contributed by atoms with Crippen molar-refractivity contribution in [2.75, 3.05) is 4.90 Å². The highest BCUT2D eigenvalue weighted by Gasteiger charge is 2.54. The largest absolute Gasteiger partial charge is 0.308 e. The third kappa shape index (κ3) is 1.90. The van der Waals surface area contributed by atoms with Gasteiger partial charge in [-0.05, 0) is 50.3 Å². The smallest absolute Gasteiger partial charge is 0.237 e. The highest BCUT2D eigenvalue weighted by molar-refractivity contribution is 6.05. The zero-order valence-electron chi connectivity index (χ0n) is 13.2. The molecule has 2 heteroatoms. The van der Waals surface area contributed by atoms with Gasteiger partial charge in [-0.3, -0.25) is 4.79 Å². The van der Waals surface area contributed by atoms with Crippen molar-refractivity contribution in [2.24, 2.45) is 0 Å². The Morgan fingerprint density at radius 3 is 2.45 bits per heavy atom. The van der Waals surface area contributed by atoms with Gasteiger partial charge in [0.25, 0.3) is 0 Å². The third-order valence-electron chi connectivity index (χ3n) is 5.19. The molecule has 1 aliphatic heterocycles. The number of rotatable bonds is 2. The summed E-state index contributed by atoms with van der Waals surface area (Å²) in [6.07, 6.45) is 2.91. The molecule has 22 heavy (non-hydrogen) atoms. The molecule has 0 N–H and O–H groups in total. The molecule has 1 saturated carbocycles. The topological polar surface area (TPSA) is 20.3 Å². The van der Waals surface area contributed by atoms with Crippen molar-refractivity contribution in [1.29, 1.82) is 0 Å². The first kappa shape index (κ1) is 13.6. The molecule has 4 rings (SSSR count). The Balaban J connectivity index is 1.71. The molecule has 0 saturated heterocycles. The third-order valence-corrected chi connectivity index (χ3v) is 5.19. The van der Waals surface area contributed by atoms with E-state index >= 15 is 0 Å². The summed E-state index contributed by atoms with van der Waals surface area (Å²) in [7, 11) is 0. The number of carbonyl (C=O) groups excluding carboxylic acids is 1. The molecule has 1 atom stereocenters. The summed E-state index contributed by atoms with van der Waals surface area (Å²) < 4.78 is 0. The van der Waals surface area contributed by atoms with E-state index in [9.17, 15) is 4.79 Å². The predicted molar refractivity (Wildman–Crippen MR) is 89.2 cm³/mol. The van der Waals surface area contributed by atoms with Gasteiger partial charge in [0.1, 0.15) is 0 Å². The first-order valence-corrected chi connectivity index (χ1v) is 8.10. The van der Waals surface area contributed by atoms with Gasteiger partial charge in [-0.1, -0.05) is 48.0 Å². The van der Waals surface area contributed by atoms with Crippen LogP contribution in [0.5, 0.6) is 0 Å². The maximum Gasteiger partial charge on any atom is 0.237 e. The van der Waals surface area contributed by atoms with E-state index in [1.165, 1.54) is 16.7 Å². The monoisotopic (exact) mass is 291 g/mol. The number of fused-ring (bicyclic) bond motifs is 1. The number of hydrogen-bond acceptors (Lipinski definition) is 1. The fraction of sp³-hybridized carbons (Fsp3) is 0.350. The van der Waals surface area contributed by atoms with Gasteiger partial charge < -0.3 is 4.90 Å². The van der Waals surface area contributed by atoms with E-state index in [-0.39, 0.29) is 17.4 Å². The van der Waals surface area contributed by atoms with Gasteiger partial charge in [-0.2, -0.15) is 0 Å². The van der Waals surface area contributed by atoms with Crippen LogP contribution in [0.4, 0.5) is 5.69 Å². The lowest BCUT2D eigenvalue weighted by Crippen LogP contribution is -2.42. The summed E-state index contributed by atoms with van der Waals surface area (Å²) in [5.41, 5.74) is 4.55. The fourth-order valence-corrected chi connectivity index (χ4v) is 3.73. The molecule has 0 bridgehead atoms. The molecule has 2 aromatic rings. The number of benzene rings is 2. The SMILES string of the molecule is Cc1ccc(C2(C(=O)N3c4ccccc4CC3C)CC2)cc1. The van der Waals surface area contributed by atoms with Crippen molar-refractivity contribution in [2.45, 2.75) is 44.6 Å². The summed E-state index contributed by atoms with van der Waals surface area (Å²) in [4.78, 5) is 15.4. The summed E-state index contributed by atoms with van der Waals surface area (Å²) in [6, 6.07) is 17.1. The van der Waals surface area contributed by atoms with E-state index in [2.05, 4.69) is 56.3 Å². The number of nitrogens with zero attached hydrogens (tertiary/aromatic N) is 1. The molecule has 1 unspecified atom stereocenters. The number of aryl methyl sites for hydroxylation is 1. The number of hydrogen-bond donors (Lipinski definition) is 0. The quantitative estimate of drug-likeness (QED) is 0.819. The highest BCUT2D eigenvalue weighted by Crippen LogP contribution is 2.51. The summed E-state index contributed by atoms with van der Waals surface area (Å²) in [5.74, 6) is 0.286. The second-order valence-corrected chi connectivity index (χ2v) is 6.81. The van der Waals surface area contributed by atoms with Gasteiger partial charge in [-0.15, -0.1) is 0 Å². The Hall–Kier alpha value is -2.09. The van der Waals surface area contributed by atoms with Gasteiger partial charge in [-0.25, -0.2) is 0 Å². The molecule has 1 amide bonds. The molecule has 1 heterocycles. The molecule has 0 aromatic heterocycles. The van der Waals surface area contributed by atoms with Crippen LogP contribution < -0.4 is 4.90 Å². The highest BCUT2D eigenvalue weighted by atomic mass is 16.2. The molecule has 112 valence electrons. The van der Waals surface area contributed by atoms with Crippen molar-refractivity contribution < 1.29 is 4.79 Å². The fourth-order valence-electron chi connectivity index (χ4n) is 3.73. The molecule has 0 spiro atoms. The van der Waals surface area contributed by atoms with Crippen LogP contribution in [0.3, 0.4) is 0 Å². The first-order valence-electron chi connectivity index (χ1n) is 8.10. The summed E-state index contributed by atoms with van der Waals surface area (Å²) >= 11 is 0. The second kappa shape index (κ2) is 4.70. The van der Waals surface area contributed by atoms with Crippen LogP contribution in [0.1, 0.15) is 36.5 Å². The molecule has 2 nitrogen and oxygen atoms in total. The van der Waals surface area contributed by atoms with Gasteiger partial charge in [0.05, 0.1) is 5.41 Å². The predicted octanol–water partition coefficient (Wildman–Crippen LogP) is 4.00. The van der Waals surface area contributed by atoms with Gasteiger partial charge in [0.15, 0.2) is 0 Å². The molecule has 2 aliphatic rings. The van der Waals surface area contributed by atoms with Crippen molar-refractivity contribution in [3.05, 3.63) is 65.2 Å². The normalized spacial score (nSPS) is 21.5. The van der Waals surface area contributed by atoms with Crippen molar-refractivity contribution in [3.63, 3.8) is 0 Å². The minimum absolute atomic E-state index is 0.257. The molecule has 2 aromatic carbocycles. The maximum atomic E-state index is 13.3. The molecule has 0 radical (unpaired) electrons. The molecular formula is C20H21NO. The van der Waals surface area contributed by atoms with E-state index in [0.717, 1.165) is 24.9 Å². The van der Waals surface area contributed by atoms with E-state index < -0.39 is 0 Å². The standard InChI is InChI=1S/C20H21NO/c1-14-7-9-17(10-8-14)20(11-12-20)19(22)21-15(2)13-16-5-3-4-6-18(16)21/h3-10,15H,11-13H2,1-2H3. The zero-order chi connectivity index (χ0) is 15.3. The summed E-state index contributed by atoms with van der Waals surface area (Å²) in [6.45, 7) is 4.24. The van der Waals surface area contributed by atoms with Crippen LogP contribution in [-0.2, 0) is 16.6 Å². The lowest BCUT2D eigenvalue weighted by molar-refractivity contribution is -0.121. The van der Waals surface area contributed by atoms with E-state index in [4.69, 9.17) is 0 Å². The van der Waals surface area contributed by atoms with Crippen molar-refractivity contribution >= 4 is 11.6 Å². The van der Waals surface area contributed by atoms with Gasteiger partial charge in [0, 0.05) is 11.7 Å². The van der Waals surface area contributed by atoms with Crippen molar-refractivity contribution in [1.82, 2.24) is 0 Å². The Bertz CT molecular complexity index is 728. The molecule has 1 fully saturated rings. The number of carbonyl (C=O) groups is 1. The van der Waals surface area contributed by atoms with Crippen LogP contribution in [0.2, 0.25) is 0 Å². The minimum atomic E-state index is -0.278. The maximum absolute atomic E-state index is 13.3. The average Bonchev–Trinajstić information content (AvgIpc) is 3.25. The number of anilines is 1. The number of para-hydroxylation sites is 1. The Labute approximate surface area is 131 Å². The van der Waals surface area contributed by atoms with Gasteiger partial charge >= 0.3 is 0 Å². The summed E-state index contributed by atoms with van der Waals surface area (Å²) in [5, 5.41) is 0.